The molecule has 2 aromatic carbocycles. The van der Waals surface area contributed by atoms with E-state index in [1.165, 1.54) is 12.1 Å². The number of rotatable bonds is 7. The molecule has 158 valence electrons. The molecule has 4 rings (SSSR count). The lowest BCUT2D eigenvalue weighted by molar-refractivity contribution is -0.125. The molecule has 1 fully saturated rings. The molecule has 8 nitrogen and oxygen atoms in total. The van der Waals surface area contributed by atoms with Gasteiger partial charge in [0.05, 0.1) is 28.1 Å². The highest BCUT2D eigenvalue weighted by Gasteiger charge is 2.34. The summed E-state index contributed by atoms with van der Waals surface area (Å²) in [6, 6.07) is 12.2. The summed E-state index contributed by atoms with van der Waals surface area (Å²) in [7, 11) is -2.05. The summed E-state index contributed by atoms with van der Waals surface area (Å²) in [6.07, 6.45) is 0.618. The number of amides is 1. The second-order valence-corrected chi connectivity index (χ2v) is 9.73. The number of nitrogens with zero attached hydrogens (tertiary/aromatic N) is 2. The Labute approximate surface area is 178 Å². The van der Waals surface area contributed by atoms with Gasteiger partial charge in [0.1, 0.15) is 5.75 Å². The minimum absolute atomic E-state index is 0.0233. The van der Waals surface area contributed by atoms with Crippen molar-refractivity contribution in [2.24, 2.45) is 11.1 Å². The van der Waals surface area contributed by atoms with Crippen molar-refractivity contribution in [3.05, 3.63) is 48.0 Å². The zero-order valence-electron chi connectivity index (χ0n) is 16.4. The van der Waals surface area contributed by atoms with Crippen LogP contribution in [0.15, 0.2) is 47.4 Å². The average molecular weight is 447 g/mol. The van der Waals surface area contributed by atoms with Crippen LogP contribution < -0.4 is 20.1 Å². The molecule has 1 aliphatic heterocycles. The number of hydrogen-bond donors (Lipinski definition) is 2. The molecule has 3 N–H and O–H groups in total. The predicted molar refractivity (Wildman–Crippen MR) is 116 cm³/mol. The van der Waals surface area contributed by atoms with Crippen molar-refractivity contribution in [2.45, 2.75) is 11.3 Å². The quantitative estimate of drug-likeness (QED) is 0.571. The number of benzene rings is 2. The first kappa shape index (κ1) is 20.6. The standard InChI is InChI=1S/C20H22N4O4S2/c1-28-15-4-7-17-18(10-15)29-20(23-17)24-11-14(12-24)19(25)22-9-8-13-2-5-16(6-3-13)30(21,26)27/h2-7,10,14H,8-9,11-12H2,1H3,(H,22,25)(H2,21,26,27). The molecule has 1 aliphatic rings. The number of primary sulfonamides is 1. The summed E-state index contributed by atoms with van der Waals surface area (Å²) in [5.74, 6) is 0.768. The Morgan fingerprint density at radius 3 is 2.67 bits per heavy atom. The van der Waals surface area contributed by atoms with Crippen molar-refractivity contribution in [1.82, 2.24) is 10.3 Å². The summed E-state index contributed by atoms with van der Waals surface area (Å²) in [5.41, 5.74) is 1.86. The van der Waals surface area contributed by atoms with Crippen LogP contribution in [-0.4, -0.2) is 46.1 Å². The van der Waals surface area contributed by atoms with Crippen molar-refractivity contribution in [3.8, 4) is 5.75 Å². The molecule has 1 amide bonds. The van der Waals surface area contributed by atoms with Crippen LogP contribution in [0.5, 0.6) is 5.75 Å². The molecular formula is C20H22N4O4S2. The number of ether oxygens (including phenoxy) is 1. The molecule has 1 saturated heterocycles. The Kier molecular flexibility index (Phi) is 5.63. The van der Waals surface area contributed by atoms with E-state index in [1.807, 2.05) is 18.2 Å². The lowest BCUT2D eigenvalue weighted by Crippen LogP contribution is -2.54. The van der Waals surface area contributed by atoms with Crippen LogP contribution in [-0.2, 0) is 21.2 Å². The summed E-state index contributed by atoms with van der Waals surface area (Å²) < 4.78 is 28.9. The third kappa shape index (κ3) is 4.40. The summed E-state index contributed by atoms with van der Waals surface area (Å²) in [6.45, 7) is 1.78. The van der Waals surface area contributed by atoms with Gasteiger partial charge in [0.25, 0.3) is 0 Å². The van der Waals surface area contributed by atoms with E-state index in [1.54, 1.807) is 30.6 Å². The number of aromatic nitrogens is 1. The third-order valence-electron chi connectivity index (χ3n) is 5.07. The smallest absolute Gasteiger partial charge is 0.238 e. The average Bonchev–Trinajstić information content (AvgIpc) is 3.09. The summed E-state index contributed by atoms with van der Waals surface area (Å²) in [4.78, 5) is 19.2. The summed E-state index contributed by atoms with van der Waals surface area (Å²) in [5, 5.41) is 8.96. The largest absolute Gasteiger partial charge is 0.497 e. The molecular weight excluding hydrogens is 424 g/mol. The molecule has 3 aromatic rings. The Bertz CT molecular complexity index is 1170. The van der Waals surface area contributed by atoms with E-state index in [2.05, 4.69) is 15.2 Å². The van der Waals surface area contributed by atoms with Gasteiger partial charge in [-0.3, -0.25) is 4.79 Å². The van der Waals surface area contributed by atoms with Gasteiger partial charge in [-0.2, -0.15) is 0 Å². The van der Waals surface area contributed by atoms with Gasteiger partial charge in [-0.25, -0.2) is 18.5 Å². The van der Waals surface area contributed by atoms with Gasteiger partial charge < -0.3 is 15.0 Å². The topological polar surface area (TPSA) is 115 Å². The molecule has 2 heterocycles. The van der Waals surface area contributed by atoms with E-state index in [0.717, 1.165) is 26.7 Å². The van der Waals surface area contributed by atoms with Gasteiger partial charge in [-0.05, 0) is 42.3 Å². The van der Waals surface area contributed by atoms with E-state index in [-0.39, 0.29) is 16.7 Å². The maximum absolute atomic E-state index is 12.4. The van der Waals surface area contributed by atoms with Crippen molar-refractivity contribution < 1.29 is 17.9 Å². The number of nitrogens with two attached hydrogens (primary N) is 1. The van der Waals surface area contributed by atoms with Gasteiger partial charge >= 0.3 is 0 Å². The number of sulfonamides is 1. The SMILES string of the molecule is COc1ccc2nc(N3CC(C(=O)NCCc4ccc(S(N)(=O)=O)cc4)C3)sc2c1. The maximum Gasteiger partial charge on any atom is 0.238 e. The number of anilines is 1. The lowest BCUT2D eigenvalue weighted by Gasteiger charge is -2.37. The normalized spacial score (nSPS) is 14.5. The number of carbonyl (C=O) groups is 1. The molecule has 0 saturated carbocycles. The van der Waals surface area contributed by atoms with Gasteiger partial charge in [-0.1, -0.05) is 23.5 Å². The number of methoxy groups -OCH3 is 1. The zero-order chi connectivity index (χ0) is 21.3. The molecule has 0 unspecified atom stereocenters. The third-order valence-corrected chi connectivity index (χ3v) is 7.08. The molecule has 1 aromatic heterocycles. The lowest BCUT2D eigenvalue weighted by atomic mass is 10.00. The van der Waals surface area contributed by atoms with Crippen molar-refractivity contribution in [1.29, 1.82) is 0 Å². The first-order valence-electron chi connectivity index (χ1n) is 9.42. The number of fused-ring (bicyclic) bond motifs is 1. The van der Waals surface area contributed by atoms with Gasteiger partial charge in [0.15, 0.2) is 5.13 Å². The second-order valence-electron chi connectivity index (χ2n) is 7.16. The summed E-state index contributed by atoms with van der Waals surface area (Å²) >= 11 is 1.59. The van der Waals surface area contributed by atoms with Crippen molar-refractivity contribution in [2.75, 3.05) is 31.6 Å². The van der Waals surface area contributed by atoms with Crippen LogP contribution in [0.2, 0.25) is 0 Å². The van der Waals surface area contributed by atoms with Crippen LogP contribution in [0.1, 0.15) is 5.56 Å². The van der Waals surface area contributed by atoms with Crippen LogP contribution >= 0.6 is 11.3 Å². The fourth-order valence-corrected chi connectivity index (χ4v) is 4.80. The first-order chi connectivity index (χ1) is 14.3. The number of nitrogens with one attached hydrogen (secondary N) is 1. The highest BCUT2D eigenvalue weighted by Crippen LogP contribution is 2.34. The molecule has 0 atom stereocenters. The maximum atomic E-state index is 12.4. The molecule has 0 radical (unpaired) electrons. The van der Waals surface area contributed by atoms with Crippen LogP contribution in [0, 0.1) is 5.92 Å². The van der Waals surface area contributed by atoms with Crippen LogP contribution in [0.25, 0.3) is 10.2 Å². The van der Waals surface area contributed by atoms with E-state index < -0.39 is 10.0 Å². The molecule has 0 aliphatic carbocycles. The zero-order valence-corrected chi connectivity index (χ0v) is 18.0. The molecule has 10 heteroatoms. The van der Waals surface area contributed by atoms with Crippen LogP contribution in [0.3, 0.4) is 0 Å². The van der Waals surface area contributed by atoms with Crippen LogP contribution in [0.4, 0.5) is 5.13 Å². The molecule has 0 spiro atoms. The predicted octanol–water partition coefficient (Wildman–Crippen LogP) is 1.75. The minimum Gasteiger partial charge on any atom is -0.497 e. The van der Waals surface area contributed by atoms with Crippen molar-refractivity contribution in [3.63, 3.8) is 0 Å². The monoisotopic (exact) mass is 446 g/mol. The fraction of sp³-hybridized carbons (Fsp3) is 0.300. The number of carbonyl (C=O) groups excluding carboxylic acids is 1. The Morgan fingerprint density at radius 2 is 2.00 bits per heavy atom. The highest BCUT2D eigenvalue weighted by molar-refractivity contribution is 7.89. The van der Waals surface area contributed by atoms with Gasteiger partial charge in [0, 0.05) is 19.6 Å². The van der Waals surface area contributed by atoms with E-state index in [4.69, 9.17) is 9.88 Å². The van der Waals surface area contributed by atoms with Gasteiger partial charge in [0.2, 0.25) is 15.9 Å². The first-order valence-corrected chi connectivity index (χ1v) is 11.8. The Balaban J connectivity index is 1.25. The number of hydrogen-bond acceptors (Lipinski definition) is 7. The minimum atomic E-state index is -3.69. The molecule has 30 heavy (non-hydrogen) atoms. The molecule has 0 bridgehead atoms. The van der Waals surface area contributed by atoms with E-state index >= 15 is 0 Å². The second kappa shape index (κ2) is 8.21. The number of thiazole rings is 1. The van der Waals surface area contributed by atoms with Gasteiger partial charge in [-0.15, -0.1) is 0 Å². The van der Waals surface area contributed by atoms with Crippen molar-refractivity contribution >= 4 is 42.6 Å². The Hall–Kier alpha value is -2.69. The Morgan fingerprint density at radius 1 is 1.27 bits per heavy atom. The fourth-order valence-electron chi connectivity index (χ4n) is 3.28. The van der Waals surface area contributed by atoms with E-state index in [0.29, 0.717) is 26.1 Å². The van der Waals surface area contributed by atoms with E-state index in [9.17, 15) is 13.2 Å². The highest BCUT2D eigenvalue weighted by atomic mass is 32.2.